The lowest BCUT2D eigenvalue weighted by atomic mass is 10.1. The first-order valence-electron chi connectivity index (χ1n) is 23.9. The maximum absolute atomic E-state index is 14.5. The summed E-state index contributed by atoms with van der Waals surface area (Å²) in [6.45, 7) is 6.49. The molecule has 1 aromatic carbocycles. The van der Waals surface area contributed by atoms with Crippen LogP contribution in [0.1, 0.15) is 42.0 Å². The van der Waals surface area contributed by atoms with Crippen molar-refractivity contribution >= 4 is 39.2 Å². The fraction of sp³-hybridized carbons (Fsp3) is 0.489. The lowest BCUT2D eigenvalue weighted by Crippen LogP contribution is -2.49. The standard InChI is InChI=1S/C43H55F3N8O11S.2C2HF3O2/c1-3-64-39-15-12-33(40(50-39)43(44,45)46)42(55)52-21-19-51(20-22-52)36-14-13-34(32-9-7-17-48-41(32)65-4-2)49-35(36)31-53(66(58,59)38-11-6-5-10-37(38)54(56)57)18-8-23-60-25-27-62-29-30-63-28-26-61-24-16-47;2*3-2(4,5)1(6)7/h5-7,9-15,17H,3-4,8,16,18-31,47H2,1-2H3;2*(H,6,7). The van der Waals surface area contributed by atoms with E-state index >= 15 is 0 Å². The number of nitrogens with two attached hydrogens (primary N) is 1. The van der Waals surface area contributed by atoms with Crippen LogP contribution in [-0.4, -0.2) is 183 Å². The van der Waals surface area contributed by atoms with Gasteiger partial charge in [-0.25, -0.2) is 33.0 Å². The van der Waals surface area contributed by atoms with E-state index in [0.717, 1.165) is 16.4 Å². The van der Waals surface area contributed by atoms with Gasteiger partial charge in [0.15, 0.2) is 10.6 Å². The zero-order valence-electron chi connectivity index (χ0n) is 42.8. The molecular weight excluding hydrogens is 1120 g/mol. The van der Waals surface area contributed by atoms with E-state index < -0.39 is 73.2 Å². The number of benzene rings is 1. The number of nitro benzene ring substituents is 1. The number of carboxylic acids is 2. The number of amides is 1. The molecule has 0 saturated carbocycles. The van der Waals surface area contributed by atoms with Crippen LogP contribution in [0.4, 0.5) is 50.9 Å². The number of carboxylic acid groups (broad SMARTS) is 2. The number of nitrogens with zero attached hydrogens (tertiary/aromatic N) is 7. The SMILES string of the molecule is CCOc1ccc(C(=O)N2CCN(c3ccc(-c4cccnc4OCC)nc3CN(CCCOCCOCCOCCOCCN)S(=O)(=O)c3ccccc3[N+](=O)[O-])CC2)c(C(F)(F)F)n1.O=C(O)C(F)(F)F.O=C(O)C(F)(F)F. The summed E-state index contributed by atoms with van der Waals surface area (Å²) < 4.78 is 169. The zero-order valence-corrected chi connectivity index (χ0v) is 43.6. The molecule has 1 fully saturated rings. The number of piperazine rings is 1. The largest absolute Gasteiger partial charge is 0.490 e. The zero-order chi connectivity index (χ0) is 59.7. The second-order valence-electron chi connectivity index (χ2n) is 16.0. The van der Waals surface area contributed by atoms with Gasteiger partial charge in [0.2, 0.25) is 21.8 Å². The van der Waals surface area contributed by atoms with Gasteiger partial charge in [-0.3, -0.25) is 14.9 Å². The Labute approximate surface area is 451 Å². The molecule has 444 valence electrons. The Bertz CT molecular complexity index is 2710. The van der Waals surface area contributed by atoms with Crippen LogP contribution in [-0.2, 0) is 51.3 Å². The van der Waals surface area contributed by atoms with Crippen molar-refractivity contribution in [3.8, 4) is 23.0 Å². The maximum atomic E-state index is 14.5. The van der Waals surface area contributed by atoms with Gasteiger partial charge in [0, 0.05) is 64.2 Å². The van der Waals surface area contributed by atoms with E-state index in [-0.39, 0.29) is 89.6 Å². The first-order valence-corrected chi connectivity index (χ1v) is 25.3. The van der Waals surface area contributed by atoms with Crippen LogP contribution in [0, 0.1) is 10.1 Å². The number of hydrogen-bond donors (Lipinski definition) is 3. The van der Waals surface area contributed by atoms with Crippen molar-refractivity contribution in [3.05, 3.63) is 93.9 Å². The van der Waals surface area contributed by atoms with Crippen LogP contribution < -0.4 is 20.1 Å². The van der Waals surface area contributed by atoms with Crippen molar-refractivity contribution in [3.63, 3.8) is 0 Å². The topological polar surface area (TPSA) is 299 Å². The molecule has 4 aromatic rings. The molecule has 1 amide bonds. The van der Waals surface area contributed by atoms with Crippen LogP contribution >= 0.6 is 0 Å². The quantitative estimate of drug-likeness (QED) is 0.0263. The summed E-state index contributed by atoms with van der Waals surface area (Å²) in [5.41, 5.74) is 4.42. The molecule has 0 spiro atoms. The van der Waals surface area contributed by atoms with Crippen molar-refractivity contribution in [2.75, 3.05) is 110 Å². The van der Waals surface area contributed by atoms with Crippen molar-refractivity contribution in [1.82, 2.24) is 24.2 Å². The molecular formula is C47H57F9N8O15S. The Balaban J connectivity index is 0.00000106. The molecule has 0 unspecified atom stereocenters. The number of pyridine rings is 3. The summed E-state index contributed by atoms with van der Waals surface area (Å²) in [5, 5.41) is 26.4. The number of nitro groups is 1. The van der Waals surface area contributed by atoms with Gasteiger partial charge in [0.05, 0.1) is 99.1 Å². The number of aliphatic carboxylic acids is 2. The predicted molar refractivity (Wildman–Crippen MR) is 262 cm³/mol. The fourth-order valence-electron chi connectivity index (χ4n) is 6.87. The number of anilines is 1. The van der Waals surface area contributed by atoms with Gasteiger partial charge >= 0.3 is 30.5 Å². The van der Waals surface area contributed by atoms with Gasteiger partial charge < -0.3 is 54.2 Å². The molecule has 0 atom stereocenters. The smallest absolute Gasteiger partial charge is 0.478 e. The van der Waals surface area contributed by atoms with E-state index in [4.69, 9.17) is 58.9 Å². The highest BCUT2D eigenvalue weighted by Crippen LogP contribution is 2.35. The number of hydrogen-bond acceptors (Lipinski definition) is 18. The molecule has 3 aromatic heterocycles. The van der Waals surface area contributed by atoms with Gasteiger partial charge in [-0.15, -0.1) is 0 Å². The third-order valence-corrected chi connectivity index (χ3v) is 12.3. The van der Waals surface area contributed by atoms with Crippen LogP contribution in [0.25, 0.3) is 11.3 Å². The molecule has 23 nitrogen and oxygen atoms in total. The first kappa shape index (κ1) is 67.2. The number of halogens is 9. The van der Waals surface area contributed by atoms with Crippen LogP contribution in [0.5, 0.6) is 11.8 Å². The number of rotatable bonds is 27. The molecule has 0 aliphatic carbocycles. The molecule has 1 aliphatic rings. The molecule has 5 rings (SSSR count). The molecule has 0 bridgehead atoms. The van der Waals surface area contributed by atoms with Gasteiger partial charge in [-0.1, -0.05) is 12.1 Å². The lowest BCUT2D eigenvalue weighted by Gasteiger charge is -2.37. The third-order valence-electron chi connectivity index (χ3n) is 10.4. The maximum Gasteiger partial charge on any atom is 0.490 e. The minimum absolute atomic E-state index is 0.00186. The second-order valence-corrected chi connectivity index (χ2v) is 17.9. The van der Waals surface area contributed by atoms with Crippen molar-refractivity contribution in [2.45, 2.75) is 50.2 Å². The Morgan fingerprint density at radius 3 is 1.81 bits per heavy atom. The van der Waals surface area contributed by atoms with E-state index in [0.29, 0.717) is 63.1 Å². The minimum Gasteiger partial charge on any atom is -0.478 e. The summed E-state index contributed by atoms with van der Waals surface area (Å²) in [7, 11) is -4.58. The lowest BCUT2D eigenvalue weighted by molar-refractivity contribution is -0.387. The van der Waals surface area contributed by atoms with E-state index in [1.807, 2.05) is 4.90 Å². The highest BCUT2D eigenvalue weighted by atomic mass is 32.2. The highest BCUT2D eigenvalue weighted by Gasteiger charge is 2.41. The molecule has 0 radical (unpaired) electrons. The van der Waals surface area contributed by atoms with Crippen LogP contribution in [0.15, 0.2) is 71.8 Å². The average molecular weight is 1180 g/mol. The third kappa shape index (κ3) is 21.5. The number of alkyl halides is 9. The Morgan fingerprint density at radius 2 is 1.29 bits per heavy atom. The first-order chi connectivity index (χ1) is 37.7. The van der Waals surface area contributed by atoms with Gasteiger partial charge in [0.1, 0.15) is 0 Å². The van der Waals surface area contributed by atoms with Crippen molar-refractivity contribution in [1.29, 1.82) is 0 Å². The monoisotopic (exact) mass is 1180 g/mol. The molecule has 4 N–H and O–H groups in total. The second kappa shape index (κ2) is 32.3. The van der Waals surface area contributed by atoms with Gasteiger partial charge in [0.25, 0.3) is 11.6 Å². The van der Waals surface area contributed by atoms with Crippen LogP contribution in [0.2, 0.25) is 0 Å². The molecule has 1 saturated heterocycles. The Morgan fingerprint density at radius 1 is 0.738 bits per heavy atom. The van der Waals surface area contributed by atoms with Crippen molar-refractivity contribution in [2.24, 2.45) is 5.73 Å². The summed E-state index contributed by atoms with van der Waals surface area (Å²) in [4.78, 5) is 58.3. The van der Waals surface area contributed by atoms with Gasteiger partial charge in [-0.05, 0) is 56.7 Å². The molecule has 33 heteroatoms. The summed E-state index contributed by atoms with van der Waals surface area (Å²) in [5.74, 6) is -6.36. The Kier molecular flexibility index (Phi) is 27.1. The Hall–Kier alpha value is -7.04. The normalized spacial score (nSPS) is 13.0. The number of para-hydroxylation sites is 1. The van der Waals surface area contributed by atoms with E-state index in [9.17, 15) is 62.8 Å². The summed E-state index contributed by atoms with van der Waals surface area (Å²) >= 11 is 0. The van der Waals surface area contributed by atoms with Gasteiger partial charge in [-0.2, -0.15) is 43.8 Å². The highest BCUT2D eigenvalue weighted by molar-refractivity contribution is 7.89. The van der Waals surface area contributed by atoms with Crippen LogP contribution in [0.3, 0.4) is 0 Å². The number of ether oxygens (including phenoxy) is 6. The van der Waals surface area contributed by atoms with E-state index in [2.05, 4.69) is 9.97 Å². The number of sulfonamides is 1. The van der Waals surface area contributed by atoms with Crippen molar-refractivity contribution < 1.29 is 106 Å². The fourth-order valence-corrected chi connectivity index (χ4v) is 8.47. The number of aromatic nitrogens is 3. The summed E-state index contributed by atoms with van der Waals surface area (Å²) in [6.07, 6.45) is -13.4. The summed E-state index contributed by atoms with van der Waals surface area (Å²) in [6, 6.07) is 14.2. The number of carbonyl (C=O) groups excluding carboxylic acids is 1. The van der Waals surface area contributed by atoms with E-state index in [1.165, 1.54) is 29.2 Å². The average Bonchev–Trinajstić information content (AvgIpc) is 3.52. The predicted octanol–water partition coefficient (Wildman–Crippen LogP) is 6.10. The van der Waals surface area contributed by atoms with E-state index in [1.54, 1.807) is 44.3 Å². The molecule has 4 heterocycles. The molecule has 1 aliphatic heterocycles. The number of carbonyl (C=O) groups is 3. The minimum atomic E-state index is -5.08. The molecule has 80 heavy (non-hydrogen) atoms.